The minimum atomic E-state index is -0.410. The van der Waals surface area contributed by atoms with Gasteiger partial charge in [-0.25, -0.2) is 4.79 Å². The van der Waals surface area contributed by atoms with Gasteiger partial charge in [0, 0.05) is 10.7 Å². The number of hydrogen-bond acceptors (Lipinski definition) is 2. The monoisotopic (exact) mass is 307 g/mol. The van der Waals surface area contributed by atoms with Gasteiger partial charge >= 0.3 is 6.09 Å². The summed E-state index contributed by atoms with van der Waals surface area (Å²) in [4.78, 5) is 11.6. The fourth-order valence-corrected chi connectivity index (χ4v) is 1.93. The third-order valence-corrected chi connectivity index (χ3v) is 3.10. The molecule has 0 saturated carbocycles. The van der Waals surface area contributed by atoms with E-state index in [2.05, 4.69) is 21.2 Å². The van der Waals surface area contributed by atoms with Crippen LogP contribution in [-0.2, 0) is 4.74 Å². The van der Waals surface area contributed by atoms with E-state index in [0.717, 1.165) is 28.2 Å². The molecule has 1 N–H and O–H groups in total. The van der Waals surface area contributed by atoms with E-state index in [9.17, 15) is 4.79 Å². The highest BCUT2D eigenvalue weighted by molar-refractivity contribution is 9.09. The summed E-state index contributed by atoms with van der Waals surface area (Å²) >= 11 is 3.29. The summed E-state index contributed by atoms with van der Waals surface area (Å²) < 4.78 is 5.06. The average molecular weight is 308 g/mol. The number of ether oxygens (including phenoxy) is 1. The number of anilines is 1. The smallest absolute Gasteiger partial charge is 0.411 e. The van der Waals surface area contributed by atoms with Gasteiger partial charge in [0.05, 0.1) is 12.3 Å². The first-order valence-electron chi connectivity index (χ1n) is 5.79. The second-order valence-corrected chi connectivity index (χ2v) is 4.62. The maximum Gasteiger partial charge on any atom is 0.411 e. The Balaban J connectivity index is 2.09. The number of amides is 1. The van der Waals surface area contributed by atoms with Gasteiger partial charge < -0.3 is 4.74 Å². The number of hydrogen-bond donors (Lipinski definition) is 1. The largest absolute Gasteiger partial charge is 0.449 e. The van der Waals surface area contributed by atoms with Crippen molar-refractivity contribution in [1.82, 2.24) is 0 Å². The van der Waals surface area contributed by atoms with Crippen LogP contribution >= 0.6 is 15.9 Å². The van der Waals surface area contributed by atoms with Crippen LogP contribution in [0.4, 0.5) is 10.5 Å². The van der Waals surface area contributed by atoms with Crippen LogP contribution in [0.15, 0.2) is 42.5 Å². The van der Waals surface area contributed by atoms with Gasteiger partial charge in [-0.2, -0.15) is 0 Å². The molecule has 0 bridgehead atoms. The Kier molecular flexibility index (Phi) is 4.59. The van der Waals surface area contributed by atoms with Gasteiger partial charge in [0.25, 0.3) is 0 Å². The minimum absolute atomic E-state index is 0.410. The molecule has 0 radical (unpaired) electrons. The van der Waals surface area contributed by atoms with Crippen molar-refractivity contribution in [3.8, 4) is 0 Å². The maximum absolute atomic E-state index is 11.6. The summed E-state index contributed by atoms with van der Waals surface area (Å²) in [6.45, 7) is 0.419. The predicted molar refractivity (Wildman–Crippen MR) is 77.3 cm³/mol. The highest BCUT2D eigenvalue weighted by Gasteiger charge is 2.05. The summed E-state index contributed by atoms with van der Waals surface area (Å²) in [5, 5.41) is 5.70. The molecule has 0 aliphatic heterocycles. The van der Waals surface area contributed by atoms with E-state index in [1.807, 2.05) is 42.5 Å². The first-order valence-corrected chi connectivity index (χ1v) is 6.91. The summed E-state index contributed by atoms with van der Waals surface area (Å²) in [6.07, 6.45) is 0.399. The van der Waals surface area contributed by atoms with Crippen LogP contribution in [0.25, 0.3) is 10.8 Å². The molecule has 94 valence electrons. The molecule has 2 aromatic rings. The fourth-order valence-electron chi connectivity index (χ4n) is 1.70. The summed E-state index contributed by atoms with van der Waals surface area (Å²) in [7, 11) is 0. The van der Waals surface area contributed by atoms with Gasteiger partial charge in [-0.15, -0.1) is 0 Å². The van der Waals surface area contributed by atoms with E-state index in [1.165, 1.54) is 0 Å². The highest BCUT2D eigenvalue weighted by atomic mass is 79.9. The SMILES string of the molecule is O=C(Nc1cccc2ccccc12)OCCCBr. The number of alkyl halides is 1. The number of fused-ring (bicyclic) bond motifs is 1. The zero-order chi connectivity index (χ0) is 12.8. The Morgan fingerprint density at radius 1 is 1.17 bits per heavy atom. The fraction of sp³-hybridized carbons (Fsp3) is 0.214. The van der Waals surface area contributed by atoms with Crippen molar-refractivity contribution < 1.29 is 9.53 Å². The van der Waals surface area contributed by atoms with Crippen molar-refractivity contribution in [2.24, 2.45) is 0 Å². The average Bonchev–Trinajstić information content (AvgIpc) is 2.39. The Morgan fingerprint density at radius 3 is 2.78 bits per heavy atom. The molecule has 0 aliphatic rings. The second-order valence-electron chi connectivity index (χ2n) is 3.83. The Bertz CT molecular complexity index is 537. The van der Waals surface area contributed by atoms with Crippen LogP contribution in [-0.4, -0.2) is 18.0 Å². The van der Waals surface area contributed by atoms with E-state index in [0.29, 0.717) is 6.61 Å². The second kappa shape index (κ2) is 6.40. The molecule has 4 heteroatoms. The lowest BCUT2D eigenvalue weighted by Crippen LogP contribution is -2.14. The number of rotatable bonds is 4. The molecule has 0 atom stereocenters. The van der Waals surface area contributed by atoms with Gasteiger partial charge in [0.2, 0.25) is 0 Å². The molecular weight excluding hydrogens is 294 g/mol. The van der Waals surface area contributed by atoms with Crippen molar-refractivity contribution in [3.05, 3.63) is 42.5 Å². The van der Waals surface area contributed by atoms with E-state index in [1.54, 1.807) is 0 Å². The molecule has 2 aromatic carbocycles. The molecule has 0 unspecified atom stereocenters. The first kappa shape index (κ1) is 12.9. The van der Waals surface area contributed by atoms with Crippen LogP contribution in [0.3, 0.4) is 0 Å². The van der Waals surface area contributed by atoms with E-state index >= 15 is 0 Å². The van der Waals surface area contributed by atoms with Crippen molar-refractivity contribution in [2.75, 3.05) is 17.3 Å². The predicted octanol–water partition coefficient (Wildman–Crippen LogP) is 4.17. The van der Waals surface area contributed by atoms with Gasteiger partial charge in [-0.3, -0.25) is 5.32 Å². The molecule has 0 aliphatic carbocycles. The number of carbonyl (C=O) groups is 1. The molecule has 18 heavy (non-hydrogen) atoms. The normalized spacial score (nSPS) is 10.3. The topological polar surface area (TPSA) is 38.3 Å². The first-order chi connectivity index (χ1) is 8.81. The lowest BCUT2D eigenvalue weighted by atomic mass is 10.1. The summed E-state index contributed by atoms with van der Waals surface area (Å²) in [5.74, 6) is 0. The molecule has 1 amide bonds. The molecule has 0 spiro atoms. The quantitative estimate of drug-likeness (QED) is 0.680. The third kappa shape index (κ3) is 3.23. The van der Waals surface area contributed by atoms with Crippen molar-refractivity contribution >= 4 is 38.5 Å². The van der Waals surface area contributed by atoms with E-state index in [-0.39, 0.29) is 0 Å². The molecule has 0 aromatic heterocycles. The Labute approximate surface area is 114 Å². The molecule has 0 saturated heterocycles. The Hall–Kier alpha value is -1.55. The van der Waals surface area contributed by atoms with Crippen LogP contribution < -0.4 is 5.32 Å². The van der Waals surface area contributed by atoms with E-state index < -0.39 is 6.09 Å². The zero-order valence-corrected chi connectivity index (χ0v) is 11.4. The maximum atomic E-state index is 11.6. The lowest BCUT2D eigenvalue weighted by molar-refractivity contribution is 0.162. The van der Waals surface area contributed by atoms with Crippen molar-refractivity contribution in [3.63, 3.8) is 0 Å². The molecule has 2 rings (SSSR count). The zero-order valence-electron chi connectivity index (χ0n) is 9.86. The van der Waals surface area contributed by atoms with Crippen molar-refractivity contribution in [1.29, 1.82) is 0 Å². The van der Waals surface area contributed by atoms with Crippen LogP contribution in [0.5, 0.6) is 0 Å². The van der Waals surface area contributed by atoms with Crippen molar-refractivity contribution in [2.45, 2.75) is 6.42 Å². The number of halogens is 1. The number of carbonyl (C=O) groups excluding carboxylic acids is 1. The third-order valence-electron chi connectivity index (χ3n) is 2.54. The van der Waals surface area contributed by atoms with Gasteiger partial charge in [-0.1, -0.05) is 52.3 Å². The summed E-state index contributed by atoms with van der Waals surface area (Å²) in [6, 6.07) is 13.7. The molecule has 3 nitrogen and oxygen atoms in total. The van der Waals surface area contributed by atoms with Crippen LogP contribution in [0.1, 0.15) is 6.42 Å². The van der Waals surface area contributed by atoms with Crippen LogP contribution in [0, 0.1) is 0 Å². The van der Waals surface area contributed by atoms with Gasteiger partial charge in [-0.05, 0) is 17.9 Å². The molecule has 0 fully saturated rings. The van der Waals surface area contributed by atoms with Crippen LogP contribution in [0.2, 0.25) is 0 Å². The highest BCUT2D eigenvalue weighted by Crippen LogP contribution is 2.22. The lowest BCUT2D eigenvalue weighted by Gasteiger charge is -2.09. The minimum Gasteiger partial charge on any atom is -0.449 e. The van der Waals surface area contributed by atoms with E-state index in [4.69, 9.17) is 4.74 Å². The number of nitrogens with one attached hydrogen (secondary N) is 1. The van der Waals surface area contributed by atoms with Gasteiger partial charge in [0.15, 0.2) is 0 Å². The van der Waals surface area contributed by atoms with Gasteiger partial charge in [0.1, 0.15) is 0 Å². The Morgan fingerprint density at radius 2 is 1.94 bits per heavy atom. The molecule has 0 heterocycles. The number of benzene rings is 2. The molecular formula is C14H14BrNO2. The standard InChI is InChI=1S/C14H14BrNO2/c15-9-4-10-18-14(17)16-13-8-3-6-11-5-1-2-7-12(11)13/h1-3,5-8H,4,9-10H2,(H,16,17). The summed E-state index contributed by atoms with van der Waals surface area (Å²) in [5.41, 5.74) is 0.775.